The maximum atomic E-state index is 12.3. The summed E-state index contributed by atoms with van der Waals surface area (Å²) in [5.41, 5.74) is 5.76. The molecule has 0 unspecified atom stereocenters. The van der Waals surface area contributed by atoms with Crippen LogP contribution in [0.3, 0.4) is 0 Å². The third-order valence-electron chi connectivity index (χ3n) is 5.08. The van der Waals surface area contributed by atoms with E-state index in [1.807, 2.05) is 73.7 Å². The summed E-state index contributed by atoms with van der Waals surface area (Å²) < 4.78 is 6.07. The second-order valence-electron chi connectivity index (χ2n) is 7.36. The minimum Gasteiger partial charge on any atom is -0.488 e. The Labute approximate surface area is 202 Å². The number of para-hydroxylation sites is 1. The fourth-order valence-corrected chi connectivity index (χ4v) is 3.81. The van der Waals surface area contributed by atoms with E-state index in [1.54, 1.807) is 18.3 Å². The van der Waals surface area contributed by atoms with Crippen molar-refractivity contribution in [3.8, 4) is 5.75 Å². The molecule has 0 spiro atoms. The topological polar surface area (TPSA) is 62.7 Å². The third-order valence-corrected chi connectivity index (χ3v) is 5.67. The van der Waals surface area contributed by atoms with Crippen molar-refractivity contribution < 1.29 is 9.53 Å². The van der Waals surface area contributed by atoms with Gasteiger partial charge in [0.2, 0.25) is 0 Å². The summed E-state index contributed by atoms with van der Waals surface area (Å²) in [5.74, 6) is 0.615. The SMILES string of the molecule is Cc1ccccc1NC(=O)NN=Cc1c(OCc2ccc(Cl)cc2Cl)ccc2ccccc12. The molecule has 0 aliphatic carbocycles. The monoisotopic (exact) mass is 477 g/mol. The Balaban J connectivity index is 1.54. The lowest BCUT2D eigenvalue weighted by Crippen LogP contribution is -2.24. The summed E-state index contributed by atoms with van der Waals surface area (Å²) in [4.78, 5) is 12.3. The Hall–Kier alpha value is -3.54. The molecule has 166 valence electrons. The summed E-state index contributed by atoms with van der Waals surface area (Å²) in [6, 6.07) is 24.1. The van der Waals surface area contributed by atoms with Crippen molar-refractivity contribution in [1.82, 2.24) is 5.43 Å². The number of amides is 2. The molecule has 0 saturated heterocycles. The third kappa shape index (κ3) is 5.64. The molecule has 4 aromatic carbocycles. The standard InChI is InChI=1S/C26H21Cl2N3O2/c1-17-6-2-5-9-24(17)30-26(32)31-29-15-22-21-8-4-3-7-18(21)11-13-25(22)33-16-19-10-12-20(27)14-23(19)28/h2-15H,16H2,1H3,(H2,30,31,32). The highest BCUT2D eigenvalue weighted by molar-refractivity contribution is 6.35. The van der Waals surface area contributed by atoms with Gasteiger partial charge in [-0.3, -0.25) is 0 Å². The average molecular weight is 478 g/mol. The molecule has 0 aliphatic heterocycles. The number of hydrogen-bond donors (Lipinski definition) is 2. The molecule has 0 heterocycles. The van der Waals surface area contributed by atoms with Crippen LogP contribution in [0.1, 0.15) is 16.7 Å². The van der Waals surface area contributed by atoms with E-state index in [0.717, 1.165) is 33.2 Å². The van der Waals surface area contributed by atoms with Gasteiger partial charge in [0.25, 0.3) is 0 Å². The Morgan fingerprint density at radius 3 is 2.61 bits per heavy atom. The van der Waals surface area contributed by atoms with E-state index in [4.69, 9.17) is 27.9 Å². The summed E-state index contributed by atoms with van der Waals surface area (Å²) in [5, 5.41) is 10.0. The van der Waals surface area contributed by atoms with Gasteiger partial charge in [-0.15, -0.1) is 0 Å². The molecule has 0 atom stereocenters. The molecule has 33 heavy (non-hydrogen) atoms. The number of hydrogen-bond acceptors (Lipinski definition) is 3. The lowest BCUT2D eigenvalue weighted by molar-refractivity contribution is 0.252. The molecule has 0 saturated carbocycles. The predicted molar refractivity (Wildman–Crippen MR) is 136 cm³/mol. The number of anilines is 1. The fraction of sp³-hybridized carbons (Fsp3) is 0.0769. The van der Waals surface area contributed by atoms with Crippen LogP contribution < -0.4 is 15.5 Å². The van der Waals surface area contributed by atoms with Crippen LogP contribution in [-0.4, -0.2) is 12.2 Å². The molecule has 5 nitrogen and oxygen atoms in total. The largest absolute Gasteiger partial charge is 0.488 e. The number of carbonyl (C=O) groups excluding carboxylic acids is 1. The normalized spacial score (nSPS) is 11.0. The van der Waals surface area contributed by atoms with Crippen molar-refractivity contribution in [2.75, 3.05) is 5.32 Å². The summed E-state index contributed by atoms with van der Waals surface area (Å²) in [6.07, 6.45) is 1.58. The van der Waals surface area contributed by atoms with Crippen LogP contribution in [0.2, 0.25) is 10.0 Å². The van der Waals surface area contributed by atoms with Gasteiger partial charge in [0.15, 0.2) is 0 Å². The maximum absolute atomic E-state index is 12.3. The number of nitrogens with one attached hydrogen (secondary N) is 2. The van der Waals surface area contributed by atoms with Gasteiger partial charge in [-0.05, 0) is 47.5 Å². The van der Waals surface area contributed by atoms with Gasteiger partial charge >= 0.3 is 6.03 Å². The second-order valence-corrected chi connectivity index (χ2v) is 8.21. The van der Waals surface area contributed by atoms with Gasteiger partial charge in [0.1, 0.15) is 12.4 Å². The number of urea groups is 1. The quantitative estimate of drug-likeness (QED) is 0.228. The molecule has 2 amide bonds. The van der Waals surface area contributed by atoms with Crippen LogP contribution >= 0.6 is 23.2 Å². The Bertz CT molecular complexity index is 1340. The highest BCUT2D eigenvalue weighted by Gasteiger charge is 2.10. The minimum atomic E-state index is -0.434. The van der Waals surface area contributed by atoms with Crippen molar-refractivity contribution in [3.05, 3.63) is 106 Å². The minimum absolute atomic E-state index is 0.260. The molecule has 0 fully saturated rings. The summed E-state index contributed by atoms with van der Waals surface area (Å²) >= 11 is 12.3. The zero-order valence-corrected chi connectivity index (χ0v) is 19.3. The molecule has 0 radical (unpaired) electrons. The molecule has 0 bridgehead atoms. The number of nitrogens with zero attached hydrogens (tertiary/aromatic N) is 1. The smallest absolute Gasteiger partial charge is 0.339 e. The number of rotatable bonds is 6. The molecular weight excluding hydrogens is 457 g/mol. The van der Waals surface area contributed by atoms with E-state index in [9.17, 15) is 4.79 Å². The fourth-order valence-electron chi connectivity index (χ4n) is 3.35. The number of halogens is 2. The van der Waals surface area contributed by atoms with Gasteiger partial charge in [-0.2, -0.15) is 5.10 Å². The first kappa shape index (κ1) is 22.6. The summed E-state index contributed by atoms with van der Waals surface area (Å²) in [7, 11) is 0. The van der Waals surface area contributed by atoms with Gasteiger partial charge in [-0.25, -0.2) is 10.2 Å². The Morgan fingerprint density at radius 1 is 1.00 bits per heavy atom. The maximum Gasteiger partial charge on any atom is 0.339 e. The molecule has 4 aromatic rings. The van der Waals surface area contributed by atoms with Crippen LogP contribution in [0.15, 0.2) is 84.0 Å². The van der Waals surface area contributed by atoms with E-state index < -0.39 is 6.03 Å². The van der Waals surface area contributed by atoms with Crippen molar-refractivity contribution in [2.45, 2.75) is 13.5 Å². The van der Waals surface area contributed by atoms with E-state index in [-0.39, 0.29) is 6.61 Å². The lowest BCUT2D eigenvalue weighted by atomic mass is 10.0. The van der Waals surface area contributed by atoms with Crippen molar-refractivity contribution in [1.29, 1.82) is 0 Å². The van der Waals surface area contributed by atoms with Crippen molar-refractivity contribution in [3.63, 3.8) is 0 Å². The molecule has 4 rings (SSSR count). The highest BCUT2D eigenvalue weighted by Crippen LogP contribution is 2.29. The zero-order chi connectivity index (χ0) is 23.2. The number of hydrazone groups is 1. The van der Waals surface area contributed by atoms with Crippen molar-refractivity contribution >= 4 is 51.9 Å². The van der Waals surface area contributed by atoms with Gasteiger partial charge in [0.05, 0.1) is 6.21 Å². The first-order valence-corrected chi connectivity index (χ1v) is 11.0. The predicted octanol–water partition coefficient (Wildman–Crippen LogP) is 7.19. The molecular formula is C26H21Cl2N3O2. The number of benzene rings is 4. The second kappa shape index (κ2) is 10.4. The number of aryl methyl sites for hydroxylation is 1. The average Bonchev–Trinajstić information content (AvgIpc) is 2.81. The Kier molecular flexibility index (Phi) is 7.13. The van der Waals surface area contributed by atoms with Gasteiger partial charge in [0, 0.05) is 26.9 Å². The van der Waals surface area contributed by atoms with Gasteiger partial charge < -0.3 is 10.1 Å². The molecule has 0 aromatic heterocycles. The van der Waals surface area contributed by atoms with Gasteiger partial charge in [-0.1, -0.05) is 77.8 Å². The molecule has 2 N–H and O–H groups in total. The van der Waals surface area contributed by atoms with E-state index in [1.165, 1.54) is 0 Å². The first-order chi connectivity index (χ1) is 16.0. The lowest BCUT2D eigenvalue weighted by Gasteiger charge is -2.13. The van der Waals surface area contributed by atoms with E-state index in [0.29, 0.717) is 15.8 Å². The Morgan fingerprint density at radius 2 is 1.79 bits per heavy atom. The van der Waals surface area contributed by atoms with Crippen LogP contribution in [0, 0.1) is 6.92 Å². The highest BCUT2D eigenvalue weighted by atomic mass is 35.5. The van der Waals surface area contributed by atoms with Crippen LogP contribution in [0.4, 0.5) is 10.5 Å². The van der Waals surface area contributed by atoms with E-state index >= 15 is 0 Å². The number of ether oxygens (including phenoxy) is 1. The van der Waals surface area contributed by atoms with Crippen LogP contribution in [0.5, 0.6) is 5.75 Å². The number of carbonyl (C=O) groups is 1. The molecule has 0 aliphatic rings. The number of fused-ring (bicyclic) bond motifs is 1. The van der Waals surface area contributed by atoms with E-state index in [2.05, 4.69) is 15.8 Å². The zero-order valence-electron chi connectivity index (χ0n) is 17.8. The summed E-state index contributed by atoms with van der Waals surface area (Å²) in [6.45, 7) is 2.18. The van der Waals surface area contributed by atoms with Crippen molar-refractivity contribution in [2.24, 2.45) is 5.10 Å². The van der Waals surface area contributed by atoms with Crippen LogP contribution in [-0.2, 0) is 6.61 Å². The molecule has 7 heteroatoms. The first-order valence-electron chi connectivity index (χ1n) is 10.3. The van der Waals surface area contributed by atoms with Crippen LogP contribution in [0.25, 0.3) is 10.8 Å².